The first-order valence-electron chi connectivity index (χ1n) is 9.02. The lowest BCUT2D eigenvalue weighted by atomic mass is 10.1. The van der Waals surface area contributed by atoms with Crippen molar-refractivity contribution in [2.24, 2.45) is 0 Å². The van der Waals surface area contributed by atoms with Gasteiger partial charge in [-0.15, -0.1) is 11.8 Å². The summed E-state index contributed by atoms with van der Waals surface area (Å²) < 4.78 is 0. The van der Waals surface area contributed by atoms with E-state index >= 15 is 0 Å². The Balaban J connectivity index is 1.85. The average molecular weight is 401 g/mol. The first kappa shape index (κ1) is 21.5. The fourth-order valence-electron chi connectivity index (χ4n) is 2.60. The van der Waals surface area contributed by atoms with E-state index in [0.717, 1.165) is 28.1 Å². The second-order valence-electron chi connectivity index (χ2n) is 6.27. The Morgan fingerprint density at radius 1 is 0.964 bits per heavy atom. The van der Waals surface area contributed by atoms with Crippen molar-refractivity contribution in [3.8, 4) is 0 Å². The number of amides is 2. The molecule has 7 heteroatoms. The molecule has 3 N–H and O–H groups in total. The van der Waals surface area contributed by atoms with Crippen molar-refractivity contribution >= 4 is 40.9 Å². The number of aliphatic carboxylic acids is 1. The third kappa shape index (κ3) is 6.74. The van der Waals surface area contributed by atoms with Crippen molar-refractivity contribution in [1.29, 1.82) is 0 Å². The van der Waals surface area contributed by atoms with E-state index in [9.17, 15) is 14.4 Å². The Labute approximate surface area is 168 Å². The van der Waals surface area contributed by atoms with Crippen LogP contribution in [-0.2, 0) is 20.8 Å². The van der Waals surface area contributed by atoms with E-state index in [1.54, 1.807) is 12.1 Å². The number of nitrogens with one attached hydrogen (secondary N) is 2. The van der Waals surface area contributed by atoms with Gasteiger partial charge in [-0.3, -0.25) is 14.4 Å². The molecule has 0 saturated heterocycles. The van der Waals surface area contributed by atoms with Gasteiger partial charge < -0.3 is 15.7 Å². The van der Waals surface area contributed by atoms with Crippen LogP contribution in [0.4, 0.5) is 11.4 Å². The number of carboxylic acids is 1. The summed E-state index contributed by atoms with van der Waals surface area (Å²) in [5.74, 6) is -1.13. The highest BCUT2D eigenvalue weighted by molar-refractivity contribution is 8.00. The Morgan fingerprint density at radius 2 is 1.68 bits per heavy atom. The molecule has 0 fully saturated rings. The van der Waals surface area contributed by atoms with E-state index in [-0.39, 0.29) is 30.4 Å². The first-order valence-corrected chi connectivity index (χ1v) is 10.0. The molecule has 2 aromatic rings. The summed E-state index contributed by atoms with van der Waals surface area (Å²) in [6.45, 7) is 4.03. The third-order valence-corrected chi connectivity index (χ3v) is 5.09. The van der Waals surface area contributed by atoms with Crippen molar-refractivity contribution in [2.45, 2.75) is 38.0 Å². The normalized spacial score (nSPS) is 10.4. The highest BCUT2D eigenvalue weighted by Gasteiger charge is 2.10. The molecule has 0 aliphatic rings. The number of benzene rings is 2. The number of anilines is 2. The Bertz CT molecular complexity index is 850. The number of hydrogen-bond donors (Lipinski definition) is 3. The summed E-state index contributed by atoms with van der Waals surface area (Å²) in [6, 6.07) is 13.1. The molecule has 0 unspecified atom stereocenters. The molecule has 0 heterocycles. The highest BCUT2D eigenvalue weighted by Crippen LogP contribution is 2.23. The summed E-state index contributed by atoms with van der Waals surface area (Å²) >= 11 is 1.41. The molecule has 6 nitrogen and oxygen atoms in total. The zero-order valence-electron chi connectivity index (χ0n) is 16.0. The predicted octanol–water partition coefficient (Wildman–Crippen LogP) is 4.09. The van der Waals surface area contributed by atoms with Gasteiger partial charge >= 0.3 is 5.97 Å². The molecule has 0 spiro atoms. The van der Waals surface area contributed by atoms with Gasteiger partial charge in [-0.1, -0.05) is 25.1 Å². The van der Waals surface area contributed by atoms with Crippen LogP contribution < -0.4 is 10.6 Å². The van der Waals surface area contributed by atoms with Crippen LogP contribution in [0.3, 0.4) is 0 Å². The molecule has 148 valence electrons. The molecule has 0 saturated carbocycles. The minimum absolute atomic E-state index is 0.0648. The van der Waals surface area contributed by atoms with Crippen LogP contribution in [0, 0.1) is 6.92 Å². The molecule has 2 amide bonds. The maximum absolute atomic E-state index is 12.3. The average Bonchev–Trinajstić information content (AvgIpc) is 2.67. The molecule has 2 rings (SSSR count). The minimum Gasteiger partial charge on any atom is -0.481 e. The Kier molecular flexibility index (Phi) is 8.07. The SMILES string of the molecule is CCc1cccc(C)c1NC(=O)CSc1ccc(NC(=O)CCC(=O)O)cc1. The maximum Gasteiger partial charge on any atom is 0.303 e. The van der Waals surface area contributed by atoms with E-state index in [1.807, 2.05) is 37.3 Å². The van der Waals surface area contributed by atoms with E-state index < -0.39 is 5.97 Å². The van der Waals surface area contributed by atoms with Crippen LogP contribution in [0.15, 0.2) is 47.4 Å². The second kappa shape index (κ2) is 10.5. The van der Waals surface area contributed by atoms with Gasteiger partial charge in [-0.2, -0.15) is 0 Å². The summed E-state index contributed by atoms with van der Waals surface area (Å²) in [4.78, 5) is 35.3. The van der Waals surface area contributed by atoms with Gasteiger partial charge in [0.15, 0.2) is 0 Å². The number of rotatable bonds is 9. The van der Waals surface area contributed by atoms with Crippen LogP contribution in [0.2, 0.25) is 0 Å². The number of aryl methyl sites for hydroxylation is 2. The molecule has 0 bridgehead atoms. The number of para-hydroxylation sites is 1. The van der Waals surface area contributed by atoms with E-state index in [1.165, 1.54) is 11.8 Å². The number of thioether (sulfide) groups is 1. The van der Waals surface area contributed by atoms with E-state index in [2.05, 4.69) is 17.6 Å². The number of carbonyl (C=O) groups is 3. The van der Waals surface area contributed by atoms with Crippen molar-refractivity contribution in [3.63, 3.8) is 0 Å². The van der Waals surface area contributed by atoms with Gasteiger partial charge in [0.25, 0.3) is 0 Å². The summed E-state index contributed by atoms with van der Waals surface area (Å²) in [5, 5.41) is 14.2. The van der Waals surface area contributed by atoms with Gasteiger partial charge in [0.2, 0.25) is 11.8 Å². The Morgan fingerprint density at radius 3 is 2.32 bits per heavy atom. The van der Waals surface area contributed by atoms with Gasteiger partial charge in [0.05, 0.1) is 12.2 Å². The van der Waals surface area contributed by atoms with Gasteiger partial charge in [0, 0.05) is 22.7 Å². The second-order valence-corrected chi connectivity index (χ2v) is 7.31. The largest absolute Gasteiger partial charge is 0.481 e. The molecule has 0 aliphatic heterocycles. The zero-order chi connectivity index (χ0) is 20.5. The number of carboxylic acid groups (broad SMARTS) is 1. The molecule has 0 aliphatic carbocycles. The number of carbonyl (C=O) groups excluding carboxylic acids is 2. The van der Waals surface area contributed by atoms with Gasteiger partial charge in [-0.05, 0) is 48.7 Å². The first-order chi connectivity index (χ1) is 13.4. The molecule has 0 radical (unpaired) electrons. The topological polar surface area (TPSA) is 95.5 Å². The fourth-order valence-corrected chi connectivity index (χ4v) is 3.30. The van der Waals surface area contributed by atoms with Crippen molar-refractivity contribution in [2.75, 3.05) is 16.4 Å². The van der Waals surface area contributed by atoms with E-state index in [0.29, 0.717) is 5.69 Å². The smallest absolute Gasteiger partial charge is 0.303 e. The van der Waals surface area contributed by atoms with Gasteiger partial charge in [-0.25, -0.2) is 0 Å². The monoisotopic (exact) mass is 400 g/mol. The van der Waals surface area contributed by atoms with Crippen LogP contribution in [0.1, 0.15) is 30.9 Å². The minimum atomic E-state index is -1.00. The standard InChI is InChI=1S/C21H24N2O4S/c1-3-15-6-4-5-14(2)21(15)23-19(25)13-28-17-9-7-16(8-10-17)22-18(24)11-12-20(26)27/h4-10H,3,11-13H2,1-2H3,(H,22,24)(H,23,25)(H,26,27). The van der Waals surface area contributed by atoms with Crippen LogP contribution >= 0.6 is 11.8 Å². The quantitative estimate of drug-likeness (QED) is 0.551. The predicted molar refractivity (Wildman–Crippen MR) is 112 cm³/mol. The van der Waals surface area contributed by atoms with E-state index in [4.69, 9.17) is 5.11 Å². The van der Waals surface area contributed by atoms with Crippen molar-refractivity contribution in [3.05, 3.63) is 53.6 Å². The zero-order valence-corrected chi connectivity index (χ0v) is 16.8. The highest BCUT2D eigenvalue weighted by atomic mass is 32.2. The lowest BCUT2D eigenvalue weighted by Gasteiger charge is -2.13. The summed E-state index contributed by atoms with van der Waals surface area (Å²) in [5.41, 5.74) is 3.63. The lowest BCUT2D eigenvalue weighted by molar-refractivity contribution is -0.138. The number of hydrogen-bond acceptors (Lipinski definition) is 4. The van der Waals surface area contributed by atoms with Crippen LogP contribution in [0.25, 0.3) is 0 Å². The molecule has 0 aromatic heterocycles. The maximum atomic E-state index is 12.3. The van der Waals surface area contributed by atoms with Crippen molar-refractivity contribution in [1.82, 2.24) is 0 Å². The van der Waals surface area contributed by atoms with Crippen LogP contribution in [-0.4, -0.2) is 28.6 Å². The molecular formula is C21H24N2O4S. The summed E-state index contributed by atoms with van der Waals surface area (Å²) in [7, 11) is 0. The van der Waals surface area contributed by atoms with Gasteiger partial charge in [0.1, 0.15) is 0 Å². The van der Waals surface area contributed by atoms with Crippen LogP contribution in [0.5, 0.6) is 0 Å². The fraction of sp³-hybridized carbons (Fsp3) is 0.286. The Hall–Kier alpha value is -2.80. The van der Waals surface area contributed by atoms with Crippen molar-refractivity contribution < 1.29 is 19.5 Å². The molecular weight excluding hydrogens is 376 g/mol. The molecule has 28 heavy (non-hydrogen) atoms. The molecule has 2 aromatic carbocycles. The summed E-state index contributed by atoms with van der Waals surface area (Å²) in [6.07, 6.45) is 0.588. The lowest BCUT2D eigenvalue weighted by Crippen LogP contribution is -2.16. The molecule has 0 atom stereocenters. The third-order valence-electron chi connectivity index (χ3n) is 4.08.